The molecule has 0 bridgehead atoms. The molecule has 2 N–H and O–H groups in total. The maximum absolute atomic E-state index is 11.4. The smallest absolute Gasteiger partial charge is 0.330 e. The highest BCUT2D eigenvalue weighted by Gasteiger charge is 2.45. The van der Waals surface area contributed by atoms with Crippen LogP contribution in [0.4, 0.5) is 0 Å². The van der Waals surface area contributed by atoms with E-state index in [0.29, 0.717) is 5.92 Å². The fourth-order valence-corrected chi connectivity index (χ4v) is 5.43. The highest BCUT2D eigenvalue weighted by Crippen LogP contribution is 2.50. The number of fused-ring (bicyclic) bond motifs is 1. The van der Waals surface area contributed by atoms with Crippen molar-refractivity contribution in [3.63, 3.8) is 0 Å². The standard InChI is InChI=1S/C28H40O6/c1-16(8-9-26(31)33-7)10-17(2)11-25-24(14-23(30)15-34-21(6)29)18(3)12-22-13-19(4)28(32)20(5)27(22)25/h8-12,14,19-20,22-23,25,27-28,30,32H,13,15H2,1-7H3/b9-8+,16-10+,17-11+,24-14+/t19-,20+,22-,23-,25+,27+,28+/m0/s1. The Bertz CT molecular complexity index is 906. The molecular formula is C28H40O6. The van der Waals surface area contributed by atoms with Crippen molar-refractivity contribution in [2.75, 3.05) is 13.7 Å². The van der Waals surface area contributed by atoms with E-state index in [2.05, 4.69) is 37.7 Å². The van der Waals surface area contributed by atoms with E-state index >= 15 is 0 Å². The van der Waals surface area contributed by atoms with Gasteiger partial charge in [-0.15, -0.1) is 0 Å². The van der Waals surface area contributed by atoms with Crippen LogP contribution in [-0.4, -0.2) is 48.1 Å². The average molecular weight is 473 g/mol. The summed E-state index contributed by atoms with van der Waals surface area (Å²) in [5, 5.41) is 21.4. The van der Waals surface area contributed by atoms with Crippen molar-refractivity contribution >= 4 is 11.9 Å². The number of aliphatic hydroxyl groups excluding tert-OH is 2. The molecule has 6 nitrogen and oxygen atoms in total. The van der Waals surface area contributed by atoms with E-state index in [9.17, 15) is 19.8 Å². The molecule has 0 aliphatic heterocycles. The third kappa shape index (κ3) is 7.28. The molecule has 2 rings (SSSR count). The first-order valence-corrected chi connectivity index (χ1v) is 12.0. The lowest BCUT2D eigenvalue weighted by molar-refractivity contribution is -0.143. The van der Waals surface area contributed by atoms with Gasteiger partial charge in [-0.1, -0.05) is 54.9 Å². The van der Waals surface area contributed by atoms with E-state index in [0.717, 1.165) is 28.7 Å². The number of rotatable bonds is 7. The van der Waals surface area contributed by atoms with Gasteiger partial charge in [0.2, 0.25) is 0 Å². The Hall–Kier alpha value is -2.44. The summed E-state index contributed by atoms with van der Waals surface area (Å²) >= 11 is 0. The fraction of sp³-hybridized carbons (Fsp3) is 0.571. The average Bonchev–Trinajstić information content (AvgIpc) is 2.76. The minimum atomic E-state index is -0.919. The highest BCUT2D eigenvalue weighted by molar-refractivity contribution is 5.82. The van der Waals surface area contributed by atoms with Gasteiger partial charge in [0.1, 0.15) is 12.7 Å². The summed E-state index contributed by atoms with van der Waals surface area (Å²) in [5.41, 5.74) is 4.01. The second-order valence-corrected chi connectivity index (χ2v) is 9.83. The molecular weight excluding hydrogens is 432 g/mol. The number of ether oxygens (including phenoxy) is 2. The summed E-state index contributed by atoms with van der Waals surface area (Å²) in [5.74, 6) is -0.0588. The molecule has 2 aliphatic rings. The number of methoxy groups -OCH3 is 1. The van der Waals surface area contributed by atoms with Crippen molar-refractivity contribution in [3.05, 3.63) is 58.7 Å². The van der Waals surface area contributed by atoms with Gasteiger partial charge in [-0.05, 0) is 62.5 Å². The summed E-state index contributed by atoms with van der Waals surface area (Å²) in [4.78, 5) is 22.6. The third-order valence-electron chi connectivity index (χ3n) is 6.97. The predicted octanol–water partition coefficient (Wildman–Crippen LogP) is 4.30. The zero-order valence-electron chi connectivity index (χ0n) is 21.4. The topological polar surface area (TPSA) is 93.1 Å². The highest BCUT2D eigenvalue weighted by atomic mass is 16.5. The maximum Gasteiger partial charge on any atom is 0.330 e. The monoisotopic (exact) mass is 472 g/mol. The van der Waals surface area contributed by atoms with E-state index in [4.69, 9.17) is 4.74 Å². The van der Waals surface area contributed by atoms with Gasteiger partial charge in [0.05, 0.1) is 13.2 Å². The Morgan fingerprint density at radius 1 is 1.18 bits per heavy atom. The second-order valence-electron chi connectivity index (χ2n) is 9.83. The predicted molar refractivity (Wildman–Crippen MR) is 133 cm³/mol. The van der Waals surface area contributed by atoms with Gasteiger partial charge in [0.15, 0.2) is 0 Å². The first kappa shape index (κ1) is 27.8. The number of hydrogen-bond acceptors (Lipinski definition) is 6. The third-order valence-corrected chi connectivity index (χ3v) is 6.97. The molecule has 1 saturated carbocycles. The van der Waals surface area contributed by atoms with E-state index < -0.39 is 24.1 Å². The minimum absolute atomic E-state index is 0.0206. The van der Waals surface area contributed by atoms with Gasteiger partial charge in [-0.2, -0.15) is 0 Å². The van der Waals surface area contributed by atoms with Crippen LogP contribution in [0.5, 0.6) is 0 Å². The van der Waals surface area contributed by atoms with E-state index in [1.54, 1.807) is 12.2 Å². The second kappa shape index (κ2) is 12.3. The van der Waals surface area contributed by atoms with Crippen LogP contribution in [0.1, 0.15) is 48.0 Å². The number of allylic oxidation sites excluding steroid dienone is 8. The maximum atomic E-state index is 11.4. The van der Waals surface area contributed by atoms with Crippen LogP contribution in [0.15, 0.2) is 58.7 Å². The number of aliphatic hydroxyl groups is 2. The molecule has 188 valence electrons. The Morgan fingerprint density at radius 3 is 2.47 bits per heavy atom. The van der Waals surface area contributed by atoms with Crippen LogP contribution in [0, 0.1) is 29.6 Å². The van der Waals surface area contributed by atoms with Crippen LogP contribution in [-0.2, 0) is 19.1 Å². The van der Waals surface area contributed by atoms with Crippen molar-refractivity contribution in [3.8, 4) is 0 Å². The molecule has 0 amide bonds. The van der Waals surface area contributed by atoms with Crippen LogP contribution >= 0.6 is 0 Å². The van der Waals surface area contributed by atoms with E-state index in [-0.39, 0.29) is 30.3 Å². The SMILES string of the molecule is COC(=O)/C=C/C(C)=C/C(C)=C/[C@@H]1/C(=C/[C@H](O)COC(C)=O)C(C)=C[C@H]2C[C@H](C)[C@@H](O)[C@H](C)[C@@H]12. The molecule has 0 aromatic heterocycles. The first-order chi connectivity index (χ1) is 15.9. The van der Waals surface area contributed by atoms with Gasteiger partial charge < -0.3 is 19.7 Å². The van der Waals surface area contributed by atoms with E-state index in [1.165, 1.54) is 20.1 Å². The van der Waals surface area contributed by atoms with Crippen molar-refractivity contribution in [2.45, 2.75) is 60.2 Å². The molecule has 2 aliphatic carbocycles. The lowest BCUT2D eigenvalue weighted by Crippen LogP contribution is -2.46. The minimum Gasteiger partial charge on any atom is -0.466 e. The summed E-state index contributed by atoms with van der Waals surface area (Å²) < 4.78 is 9.65. The van der Waals surface area contributed by atoms with Gasteiger partial charge >= 0.3 is 11.9 Å². The lowest BCUT2D eigenvalue weighted by atomic mass is 9.57. The van der Waals surface area contributed by atoms with Crippen LogP contribution in [0.3, 0.4) is 0 Å². The summed E-state index contributed by atoms with van der Waals surface area (Å²) in [6, 6.07) is 0. The largest absolute Gasteiger partial charge is 0.466 e. The number of carbonyl (C=O) groups is 2. The molecule has 0 aromatic carbocycles. The molecule has 7 atom stereocenters. The van der Waals surface area contributed by atoms with Gasteiger partial charge in [-0.3, -0.25) is 4.79 Å². The van der Waals surface area contributed by atoms with Crippen molar-refractivity contribution in [1.29, 1.82) is 0 Å². The van der Waals surface area contributed by atoms with Crippen LogP contribution < -0.4 is 0 Å². The molecule has 0 unspecified atom stereocenters. The van der Waals surface area contributed by atoms with Gasteiger partial charge in [0.25, 0.3) is 0 Å². The van der Waals surface area contributed by atoms with Crippen LogP contribution in [0.25, 0.3) is 0 Å². The van der Waals surface area contributed by atoms with Crippen molar-refractivity contribution in [2.24, 2.45) is 29.6 Å². The van der Waals surface area contributed by atoms with Crippen LogP contribution in [0.2, 0.25) is 0 Å². The molecule has 0 aromatic rings. The zero-order valence-corrected chi connectivity index (χ0v) is 21.4. The molecule has 0 spiro atoms. The van der Waals surface area contributed by atoms with Gasteiger partial charge in [0, 0.05) is 18.9 Å². The number of hydrogen-bond donors (Lipinski definition) is 2. The molecule has 0 radical (unpaired) electrons. The first-order valence-electron chi connectivity index (χ1n) is 12.0. The van der Waals surface area contributed by atoms with Crippen molar-refractivity contribution in [1.82, 2.24) is 0 Å². The summed E-state index contributed by atoms with van der Waals surface area (Å²) in [6.07, 6.45) is 10.9. The van der Waals surface area contributed by atoms with Gasteiger partial charge in [-0.25, -0.2) is 4.79 Å². The number of carbonyl (C=O) groups excluding carboxylic acids is 2. The molecule has 6 heteroatoms. The lowest BCUT2D eigenvalue weighted by Gasteiger charge is -2.48. The van der Waals surface area contributed by atoms with E-state index in [1.807, 2.05) is 19.9 Å². The number of esters is 2. The summed E-state index contributed by atoms with van der Waals surface area (Å²) in [7, 11) is 1.34. The van der Waals surface area contributed by atoms with Crippen molar-refractivity contribution < 1.29 is 29.3 Å². The zero-order chi connectivity index (χ0) is 25.6. The molecule has 1 fully saturated rings. The Morgan fingerprint density at radius 2 is 1.85 bits per heavy atom. The quantitative estimate of drug-likeness (QED) is 0.326. The molecule has 0 saturated heterocycles. The Kier molecular flexibility index (Phi) is 10.1. The molecule has 0 heterocycles. The Labute approximate surface area is 203 Å². The normalized spacial score (nSPS) is 32.3. The Balaban J connectivity index is 2.48. The molecule has 34 heavy (non-hydrogen) atoms. The fourth-order valence-electron chi connectivity index (χ4n) is 5.43. The summed E-state index contributed by atoms with van der Waals surface area (Å²) in [6.45, 7) is 11.4.